The van der Waals surface area contributed by atoms with Crippen molar-refractivity contribution in [3.8, 4) is 11.4 Å². The Labute approximate surface area is 187 Å². The fourth-order valence-corrected chi connectivity index (χ4v) is 5.02. The van der Waals surface area contributed by atoms with Crippen LogP contribution in [0, 0.1) is 0 Å². The Morgan fingerprint density at radius 2 is 1.72 bits per heavy atom. The SMILES string of the molecule is CC(C)c1ccc(-c2noc(COC(=O)c3ccc(S(=O)(=O)N4CCCC4)cc3)n2)cc1. The molecule has 32 heavy (non-hydrogen) atoms. The first-order chi connectivity index (χ1) is 15.3. The second-order valence-corrected chi connectivity index (χ2v) is 9.94. The van der Waals surface area contributed by atoms with Crippen LogP contribution in [0.15, 0.2) is 57.9 Å². The lowest BCUT2D eigenvalue weighted by Crippen LogP contribution is -2.27. The minimum absolute atomic E-state index is 0.168. The Bertz CT molecular complexity index is 1180. The molecule has 1 saturated heterocycles. The molecule has 0 radical (unpaired) electrons. The van der Waals surface area contributed by atoms with Crippen LogP contribution < -0.4 is 0 Å². The third-order valence-electron chi connectivity index (χ3n) is 5.42. The lowest BCUT2D eigenvalue weighted by molar-refractivity contribution is 0.0429. The van der Waals surface area contributed by atoms with Gasteiger partial charge in [-0.25, -0.2) is 13.2 Å². The minimum Gasteiger partial charge on any atom is -0.452 e. The van der Waals surface area contributed by atoms with E-state index in [-0.39, 0.29) is 23.0 Å². The van der Waals surface area contributed by atoms with E-state index < -0.39 is 16.0 Å². The van der Waals surface area contributed by atoms with Crippen molar-refractivity contribution in [3.63, 3.8) is 0 Å². The van der Waals surface area contributed by atoms with Gasteiger partial charge in [-0.1, -0.05) is 43.3 Å². The zero-order valence-corrected chi connectivity index (χ0v) is 18.8. The number of carbonyl (C=O) groups is 1. The summed E-state index contributed by atoms with van der Waals surface area (Å²) in [6, 6.07) is 13.6. The molecule has 1 aliphatic heterocycles. The van der Waals surface area contributed by atoms with Crippen molar-refractivity contribution in [1.29, 1.82) is 0 Å². The van der Waals surface area contributed by atoms with E-state index in [1.54, 1.807) is 0 Å². The van der Waals surface area contributed by atoms with Crippen LogP contribution in [0.4, 0.5) is 0 Å². The molecule has 2 aromatic carbocycles. The average molecular weight is 456 g/mol. The molecule has 1 aliphatic rings. The van der Waals surface area contributed by atoms with E-state index in [2.05, 4.69) is 24.0 Å². The van der Waals surface area contributed by atoms with Crippen LogP contribution >= 0.6 is 0 Å². The van der Waals surface area contributed by atoms with Crippen LogP contribution in [-0.4, -0.2) is 41.9 Å². The van der Waals surface area contributed by atoms with Crippen molar-refractivity contribution in [2.75, 3.05) is 13.1 Å². The van der Waals surface area contributed by atoms with E-state index >= 15 is 0 Å². The van der Waals surface area contributed by atoms with Crippen LogP contribution in [0.3, 0.4) is 0 Å². The number of nitrogens with zero attached hydrogens (tertiary/aromatic N) is 3. The van der Waals surface area contributed by atoms with Gasteiger partial charge in [0.25, 0.3) is 5.89 Å². The third kappa shape index (κ3) is 4.73. The van der Waals surface area contributed by atoms with Crippen molar-refractivity contribution < 1.29 is 22.5 Å². The number of esters is 1. The predicted octanol–water partition coefficient (Wildman–Crippen LogP) is 4.00. The topological polar surface area (TPSA) is 103 Å². The summed E-state index contributed by atoms with van der Waals surface area (Å²) in [5.74, 6) is 0.423. The van der Waals surface area contributed by atoms with E-state index in [0.717, 1.165) is 18.4 Å². The Kier molecular flexibility index (Phi) is 6.38. The molecule has 0 atom stereocenters. The summed E-state index contributed by atoms with van der Waals surface area (Å²) in [5.41, 5.74) is 2.27. The van der Waals surface area contributed by atoms with E-state index in [1.165, 1.54) is 34.1 Å². The fourth-order valence-electron chi connectivity index (χ4n) is 3.50. The first-order valence-electron chi connectivity index (χ1n) is 10.5. The summed E-state index contributed by atoms with van der Waals surface area (Å²) >= 11 is 0. The fraction of sp³-hybridized carbons (Fsp3) is 0.348. The van der Waals surface area contributed by atoms with Gasteiger partial charge in [-0.2, -0.15) is 9.29 Å². The van der Waals surface area contributed by atoms with E-state index in [4.69, 9.17) is 9.26 Å². The average Bonchev–Trinajstić information content (AvgIpc) is 3.50. The van der Waals surface area contributed by atoms with E-state index in [1.807, 2.05) is 24.3 Å². The number of ether oxygens (including phenoxy) is 1. The Balaban J connectivity index is 1.37. The van der Waals surface area contributed by atoms with Crippen LogP contribution in [0.1, 0.15) is 54.4 Å². The van der Waals surface area contributed by atoms with Crippen molar-refractivity contribution in [1.82, 2.24) is 14.4 Å². The maximum Gasteiger partial charge on any atom is 0.338 e. The Morgan fingerprint density at radius 1 is 1.06 bits per heavy atom. The highest BCUT2D eigenvalue weighted by molar-refractivity contribution is 7.89. The molecule has 1 fully saturated rings. The highest BCUT2D eigenvalue weighted by Gasteiger charge is 2.27. The summed E-state index contributed by atoms with van der Waals surface area (Å²) in [7, 11) is -3.52. The molecule has 1 aromatic heterocycles. The maximum absolute atomic E-state index is 12.6. The van der Waals surface area contributed by atoms with Gasteiger partial charge in [0, 0.05) is 18.7 Å². The van der Waals surface area contributed by atoms with E-state index in [9.17, 15) is 13.2 Å². The lowest BCUT2D eigenvalue weighted by atomic mass is 10.0. The standard InChI is InChI=1S/C23H25N3O5S/c1-16(2)17-5-7-18(8-6-17)22-24-21(31-25-22)15-30-23(27)19-9-11-20(12-10-19)32(28,29)26-13-3-4-14-26/h5-12,16H,3-4,13-15H2,1-2H3. The second kappa shape index (κ2) is 9.22. The molecule has 3 aromatic rings. The lowest BCUT2D eigenvalue weighted by Gasteiger charge is -2.15. The van der Waals surface area contributed by atoms with Crippen LogP contribution in [0.5, 0.6) is 0 Å². The highest BCUT2D eigenvalue weighted by atomic mass is 32.2. The van der Waals surface area contributed by atoms with Gasteiger partial charge in [0.05, 0.1) is 10.5 Å². The largest absolute Gasteiger partial charge is 0.452 e. The number of sulfonamides is 1. The van der Waals surface area contributed by atoms with Crippen LogP contribution in [0.2, 0.25) is 0 Å². The molecule has 0 aliphatic carbocycles. The molecule has 0 N–H and O–H groups in total. The molecule has 0 saturated carbocycles. The normalized spacial score (nSPS) is 14.7. The zero-order valence-electron chi connectivity index (χ0n) is 18.0. The summed E-state index contributed by atoms with van der Waals surface area (Å²) in [6.07, 6.45) is 1.73. The maximum atomic E-state index is 12.6. The molecule has 0 amide bonds. The molecule has 8 nitrogen and oxygen atoms in total. The predicted molar refractivity (Wildman–Crippen MR) is 117 cm³/mol. The van der Waals surface area contributed by atoms with Gasteiger partial charge in [-0.3, -0.25) is 0 Å². The van der Waals surface area contributed by atoms with Crippen molar-refractivity contribution >= 4 is 16.0 Å². The molecule has 0 bridgehead atoms. The number of hydrogen-bond donors (Lipinski definition) is 0. The molecule has 2 heterocycles. The molecular formula is C23H25N3O5S. The van der Waals surface area contributed by atoms with Gasteiger partial charge >= 0.3 is 5.97 Å². The second-order valence-electron chi connectivity index (χ2n) is 8.00. The Hall–Kier alpha value is -3.04. The quantitative estimate of drug-likeness (QED) is 0.496. The van der Waals surface area contributed by atoms with Gasteiger partial charge in [0.15, 0.2) is 6.61 Å². The molecular weight excluding hydrogens is 430 g/mol. The molecule has 9 heteroatoms. The first kappa shape index (κ1) is 22.2. The number of hydrogen-bond acceptors (Lipinski definition) is 7. The van der Waals surface area contributed by atoms with Crippen molar-refractivity contribution in [2.24, 2.45) is 0 Å². The monoisotopic (exact) mass is 455 g/mol. The molecule has 0 spiro atoms. The summed E-state index contributed by atoms with van der Waals surface area (Å²) in [6.45, 7) is 5.12. The minimum atomic E-state index is -3.52. The number of aromatic nitrogens is 2. The van der Waals surface area contributed by atoms with Crippen LogP contribution in [-0.2, 0) is 21.4 Å². The van der Waals surface area contributed by atoms with Gasteiger partial charge < -0.3 is 9.26 Å². The zero-order chi connectivity index (χ0) is 22.7. The molecule has 168 valence electrons. The van der Waals surface area contributed by atoms with Crippen molar-refractivity contribution in [2.45, 2.75) is 44.1 Å². The summed E-state index contributed by atoms with van der Waals surface area (Å²) in [4.78, 5) is 16.8. The number of carbonyl (C=O) groups excluding carboxylic acids is 1. The Morgan fingerprint density at radius 3 is 2.34 bits per heavy atom. The van der Waals surface area contributed by atoms with Gasteiger partial charge in [-0.05, 0) is 48.6 Å². The van der Waals surface area contributed by atoms with Crippen LogP contribution in [0.25, 0.3) is 11.4 Å². The molecule has 0 unspecified atom stereocenters. The van der Waals surface area contributed by atoms with Gasteiger partial charge in [-0.15, -0.1) is 0 Å². The smallest absolute Gasteiger partial charge is 0.338 e. The first-order valence-corrected chi connectivity index (χ1v) is 12.0. The van der Waals surface area contributed by atoms with Gasteiger partial charge in [0.2, 0.25) is 15.8 Å². The summed E-state index contributed by atoms with van der Waals surface area (Å²) < 4.78 is 37.0. The summed E-state index contributed by atoms with van der Waals surface area (Å²) in [5, 5.41) is 3.94. The molecule has 4 rings (SSSR count). The number of benzene rings is 2. The van der Waals surface area contributed by atoms with E-state index in [0.29, 0.717) is 24.8 Å². The number of rotatable bonds is 7. The van der Waals surface area contributed by atoms with Crippen molar-refractivity contribution in [3.05, 3.63) is 65.5 Å². The van der Waals surface area contributed by atoms with Gasteiger partial charge in [0.1, 0.15) is 0 Å². The highest BCUT2D eigenvalue weighted by Crippen LogP contribution is 2.22. The third-order valence-corrected chi connectivity index (χ3v) is 7.34.